The van der Waals surface area contributed by atoms with Crippen LogP contribution in [0.5, 0.6) is 0 Å². The van der Waals surface area contributed by atoms with Crippen LogP contribution in [0.15, 0.2) is 35.1 Å². The Bertz CT molecular complexity index is 1310. The van der Waals surface area contributed by atoms with E-state index in [2.05, 4.69) is 15.3 Å². The number of rotatable bonds is 6. The summed E-state index contributed by atoms with van der Waals surface area (Å²) in [7, 11) is 1.85. The number of carbonyl (C=O) groups is 1. The van der Waals surface area contributed by atoms with Crippen molar-refractivity contribution in [2.24, 2.45) is 0 Å². The minimum absolute atomic E-state index is 0.0614. The van der Waals surface area contributed by atoms with Crippen LogP contribution >= 0.6 is 11.3 Å². The Balaban J connectivity index is 1.44. The molecule has 192 valence electrons. The number of amides is 1. The maximum absolute atomic E-state index is 13.9. The lowest BCUT2D eigenvalue weighted by molar-refractivity contribution is -0.148. The van der Waals surface area contributed by atoms with Gasteiger partial charge in [-0.3, -0.25) is 14.2 Å². The molecular formula is C24H27F3N6O2S. The van der Waals surface area contributed by atoms with Crippen molar-refractivity contribution in [3.63, 3.8) is 0 Å². The summed E-state index contributed by atoms with van der Waals surface area (Å²) in [6, 6.07) is 8.84. The van der Waals surface area contributed by atoms with Crippen molar-refractivity contribution in [3.8, 4) is 0 Å². The second-order valence-electron chi connectivity index (χ2n) is 9.33. The molecule has 2 saturated heterocycles. The van der Waals surface area contributed by atoms with Gasteiger partial charge in [-0.05, 0) is 44.8 Å². The summed E-state index contributed by atoms with van der Waals surface area (Å²) in [6.45, 7) is 1.59. The molecule has 12 heteroatoms. The first-order valence-corrected chi connectivity index (χ1v) is 12.8. The summed E-state index contributed by atoms with van der Waals surface area (Å²) < 4.78 is 42.5. The van der Waals surface area contributed by atoms with Gasteiger partial charge in [0.05, 0.1) is 0 Å². The van der Waals surface area contributed by atoms with Crippen LogP contribution in [0.1, 0.15) is 37.1 Å². The van der Waals surface area contributed by atoms with Gasteiger partial charge in [0.25, 0.3) is 5.56 Å². The summed E-state index contributed by atoms with van der Waals surface area (Å²) >= 11 is 0.927. The van der Waals surface area contributed by atoms with Crippen LogP contribution in [0.3, 0.4) is 0 Å². The Labute approximate surface area is 209 Å². The molecule has 0 aliphatic carbocycles. The summed E-state index contributed by atoms with van der Waals surface area (Å²) in [5.74, 6) is -1.38. The average Bonchev–Trinajstić information content (AvgIpc) is 3.59. The lowest BCUT2D eigenvalue weighted by Crippen LogP contribution is -2.43. The van der Waals surface area contributed by atoms with Crippen molar-refractivity contribution in [2.45, 2.75) is 57.0 Å². The fraction of sp³-hybridized carbons (Fsp3) is 0.500. The standard InChI is InChI=1S/C24H27F3N6O2S/c1-31-11-5-9-16(31)14-33-21(35)18-20(30-22(33)24(25,26)27)36-23(29-18)32-12-6-10-17(32)19(34)28-13-15-7-3-2-4-8-15/h2-4,7-8,16-17H,5-6,9-14H2,1H3,(H,28,34)/t16-,17+/m0/s1. The van der Waals surface area contributed by atoms with Crippen molar-refractivity contribution >= 4 is 32.7 Å². The van der Waals surface area contributed by atoms with E-state index in [0.717, 1.165) is 40.9 Å². The smallest absolute Gasteiger partial charge is 0.350 e. The first-order valence-electron chi connectivity index (χ1n) is 12.0. The predicted molar refractivity (Wildman–Crippen MR) is 131 cm³/mol. The largest absolute Gasteiger partial charge is 0.449 e. The number of benzene rings is 1. The Morgan fingerprint density at radius 3 is 2.58 bits per heavy atom. The molecule has 4 heterocycles. The number of likely N-dealkylation sites (tertiary alicyclic amines) is 1. The molecular weight excluding hydrogens is 493 g/mol. The van der Waals surface area contributed by atoms with Crippen molar-refractivity contribution in [2.75, 3.05) is 25.0 Å². The number of nitrogens with one attached hydrogen (secondary N) is 1. The molecule has 0 unspecified atom stereocenters. The van der Waals surface area contributed by atoms with Crippen molar-refractivity contribution in [1.29, 1.82) is 0 Å². The molecule has 3 aromatic rings. The van der Waals surface area contributed by atoms with Gasteiger partial charge in [0.15, 0.2) is 15.5 Å². The molecule has 1 amide bonds. The van der Waals surface area contributed by atoms with Crippen LogP contribution in [0.4, 0.5) is 18.3 Å². The summed E-state index contributed by atoms with van der Waals surface area (Å²) in [4.78, 5) is 38.1. The number of carbonyl (C=O) groups excluding carboxylic acids is 1. The van der Waals surface area contributed by atoms with Gasteiger partial charge in [0, 0.05) is 25.7 Å². The van der Waals surface area contributed by atoms with Gasteiger partial charge in [-0.25, -0.2) is 9.97 Å². The number of alkyl halides is 3. The molecule has 8 nitrogen and oxygen atoms in total. The third-order valence-corrected chi connectivity index (χ3v) is 7.92. The van der Waals surface area contributed by atoms with Crippen LogP contribution in [0.25, 0.3) is 10.3 Å². The highest BCUT2D eigenvalue weighted by molar-refractivity contribution is 7.21. The number of aromatic nitrogens is 3. The Morgan fingerprint density at radius 2 is 1.89 bits per heavy atom. The van der Waals surface area contributed by atoms with Crippen LogP contribution < -0.4 is 15.8 Å². The Morgan fingerprint density at radius 1 is 1.14 bits per heavy atom. The molecule has 1 N–H and O–H groups in total. The maximum Gasteiger partial charge on any atom is 0.449 e. The van der Waals surface area contributed by atoms with Crippen LogP contribution in [0.2, 0.25) is 0 Å². The zero-order valence-corrected chi connectivity index (χ0v) is 20.6. The number of halogens is 3. The number of anilines is 1. The van der Waals surface area contributed by atoms with Gasteiger partial charge in [-0.2, -0.15) is 13.2 Å². The molecule has 0 saturated carbocycles. The van der Waals surface area contributed by atoms with Crippen LogP contribution in [-0.4, -0.2) is 57.6 Å². The molecule has 0 radical (unpaired) electrons. The highest BCUT2D eigenvalue weighted by atomic mass is 32.1. The third-order valence-electron chi connectivity index (χ3n) is 6.94. The van der Waals surface area contributed by atoms with Crippen LogP contribution in [-0.2, 0) is 24.1 Å². The second kappa shape index (κ2) is 9.81. The van der Waals surface area contributed by atoms with E-state index < -0.39 is 23.6 Å². The first-order chi connectivity index (χ1) is 17.2. The van der Waals surface area contributed by atoms with Crippen LogP contribution in [0, 0.1) is 0 Å². The molecule has 2 fully saturated rings. The van der Waals surface area contributed by atoms with E-state index in [1.807, 2.05) is 42.3 Å². The molecule has 2 aromatic heterocycles. The maximum atomic E-state index is 13.9. The summed E-state index contributed by atoms with van der Waals surface area (Å²) in [6.07, 6.45) is -1.86. The zero-order chi connectivity index (χ0) is 25.4. The summed E-state index contributed by atoms with van der Waals surface area (Å²) in [5.41, 5.74) is 0.0890. The number of hydrogen-bond donors (Lipinski definition) is 1. The van der Waals surface area contributed by atoms with Gasteiger partial charge >= 0.3 is 6.18 Å². The van der Waals surface area contributed by atoms with Gasteiger partial charge in [0.1, 0.15) is 6.04 Å². The topological polar surface area (TPSA) is 83.4 Å². The van der Waals surface area contributed by atoms with Crippen molar-refractivity contribution in [3.05, 3.63) is 52.1 Å². The molecule has 0 bridgehead atoms. The fourth-order valence-corrected chi connectivity index (χ4v) is 6.00. The predicted octanol–water partition coefficient (Wildman–Crippen LogP) is 3.25. The van der Waals surface area contributed by atoms with E-state index >= 15 is 0 Å². The minimum Gasteiger partial charge on any atom is -0.350 e. The fourth-order valence-electron chi connectivity index (χ4n) is 5.00. The molecule has 5 rings (SSSR count). The van der Waals surface area contributed by atoms with E-state index in [1.54, 1.807) is 4.90 Å². The van der Waals surface area contributed by atoms with Crippen molar-refractivity contribution < 1.29 is 18.0 Å². The van der Waals surface area contributed by atoms with E-state index in [4.69, 9.17) is 0 Å². The van der Waals surface area contributed by atoms with Gasteiger partial charge < -0.3 is 15.1 Å². The van der Waals surface area contributed by atoms with Crippen molar-refractivity contribution in [1.82, 2.24) is 24.8 Å². The normalized spacial score (nSPS) is 20.9. The SMILES string of the molecule is CN1CCC[C@H]1Cn1c(C(F)(F)F)nc2sc(N3CCC[C@@H]3C(=O)NCc3ccccc3)nc2c1=O. The van der Waals surface area contributed by atoms with E-state index in [9.17, 15) is 22.8 Å². The number of fused-ring (bicyclic) bond motifs is 1. The highest BCUT2D eigenvalue weighted by Crippen LogP contribution is 2.34. The van der Waals surface area contributed by atoms with E-state index in [-0.39, 0.29) is 28.8 Å². The quantitative estimate of drug-likeness (QED) is 0.537. The average molecular weight is 521 g/mol. The second-order valence-corrected chi connectivity index (χ2v) is 10.3. The molecule has 36 heavy (non-hydrogen) atoms. The number of hydrogen-bond acceptors (Lipinski definition) is 7. The monoisotopic (exact) mass is 520 g/mol. The molecule has 1 aromatic carbocycles. The number of nitrogens with zero attached hydrogens (tertiary/aromatic N) is 5. The van der Waals surface area contributed by atoms with E-state index in [1.165, 1.54) is 0 Å². The molecule has 2 aliphatic rings. The number of thiazole rings is 1. The molecule has 2 aliphatic heterocycles. The van der Waals surface area contributed by atoms with Gasteiger partial charge in [-0.1, -0.05) is 41.7 Å². The van der Waals surface area contributed by atoms with E-state index in [0.29, 0.717) is 31.1 Å². The van der Waals surface area contributed by atoms with Gasteiger partial charge in [-0.15, -0.1) is 0 Å². The summed E-state index contributed by atoms with van der Waals surface area (Å²) in [5, 5.41) is 3.27. The lowest BCUT2D eigenvalue weighted by atomic mass is 10.2. The first kappa shape index (κ1) is 24.7. The highest BCUT2D eigenvalue weighted by Gasteiger charge is 2.40. The number of likely N-dealkylation sites (N-methyl/N-ethyl adjacent to an activating group) is 1. The Kier molecular flexibility index (Phi) is 6.73. The minimum atomic E-state index is -4.78. The molecule has 0 spiro atoms. The van der Waals surface area contributed by atoms with Gasteiger partial charge in [0.2, 0.25) is 11.7 Å². The zero-order valence-electron chi connectivity index (χ0n) is 19.8. The molecule has 2 atom stereocenters. The third kappa shape index (κ3) is 4.83. The lowest BCUT2D eigenvalue weighted by Gasteiger charge is -2.23. The Hall–Kier alpha value is -2.99.